The van der Waals surface area contributed by atoms with Crippen LogP contribution in [0.1, 0.15) is 5.56 Å². The van der Waals surface area contributed by atoms with Crippen LogP contribution in [0.5, 0.6) is 0 Å². The van der Waals surface area contributed by atoms with Gasteiger partial charge in [0.25, 0.3) is 0 Å². The fourth-order valence-electron chi connectivity index (χ4n) is 0.995. The molecule has 0 aliphatic carbocycles. The van der Waals surface area contributed by atoms with E-state index in [9.17, 15) is 4.39 Å². The molecule has 0 saturated carbocycles. The molecule has 0 radical (unpaired) electrons. The number of anilines is 1. The van der Waals surface area contributed by atoms with Crippen molar-refractivity contribution >= 4 is 5.69 Å². The molecule has 1 aromatic carbocycles. The first-order chi connectivity index (χ1) is 5.75. The lowest BCUT2D eigenvalue weighted by Gasteiger charge is -2.06. The normalized spacial score (nSPS) is 9.08. The van der Waals surface area contributed by atoms with Crippen LogP contribution in [-0.4, -0.2) is 6.54 Å². The van der Waals surface area contributed by atoms with Crippen LogP contribution >= 0.6 is 0 Å². The van der Waals surface area contributed by atoms with Gasteiger partial charge in [0.15, 0.2) is 0 Å². The first-order valence-corrected chi connectivity index (χ1v) is 3.68. The smallest absolute Gasteiger partial charge is 0.146 e. The van der Waals surface area contributed by atoms with Gasteiger partial charge in [-0.05, 0) is 18.6 Å². The highest BCUT2D eigenvalue weighted by Gasteiger charge is 2.01. The van der Waals surface area contributed by atoms with Gasteiger partial charge in [0.1, 0.15) is 5.82 Å². The largest absolute Gasteiger partial charge is 0.372 e. The molecular formula is C10H10FN. The average molecular weight is 163 g/mol. The summed E-state index contributed by atoms with van der Waals surface area (Å²) in [5.41, 5.74) is 1.36. The Morgan fingerprint density at radius 1 is 1.58 bits per heavy atom. The lowest BCUT2D eigenvalue weighted by atomic mass is 10.2. The minimum absolute atomic E-state index is 0.259. The molecule has 0 amide bonds. The minimum Gasteiger partial charge on any atom is -0.372 e. The molecule has 0 atom stereocenters. The molecule has 1 N–H and O–H groups in total. The van der Waals surface area contributed by atoms with Crippen molar-refractivity contribution in [2.24, 2.45) is 0 Å². The number of para-hydroxylation sites is 1. The van der Waals surface area contributed by atoms with Crippen LogP contribution < -0.4 is 5.32 Å². The van der Waals surface area contributed by atoms with Gasteiger partial charge >= 0.3 is 0 Å². The molecule has 0 spiro atoms. The second-order valence-corrected chi connectivity index (χ2v) is 2.49. The van der Waals surface area contributed by atoms with E-state index in [4.69, 9.17) is 6.42 Å². The van der Waals surface area contributed by atoms with Crippen LogP contribution in [0, 0.1) is 25.1 Å². The molecule has 1 rings (SSSR count). The van der Waals surface area contributed by atoms with E-state index in [0.717, 1.165) is 5.56 Å². The third-order valence-electron chi connectivity index (χ3n) is 1.59. The number of terminal acetylenes is 1. The second-order valence-electron chi connectivity index (χ2n) is 2.49. The van der Waals surface area contributed by atoms with E-state index in [1.165, 1.54) is 6.07 Å². The summed E-state index contributed by atoms with van der Waals surface area (Å²) in [6.07, 6.45) is 5.04. The minimum atomic E-state index is -0.259. The molecule has 12 heavy (non-hydrogen) atoms. The van der Waals surface area contributed by atoms with Crippen molar-refractivity contribution in [3.8, 4) is 12.3 Å². The summed E-state index contributed by atoms with van der Waals surface area (Å²) in [7, 11) is 0. The number of halogens is 1. The highest BCUT2D eigenvalue weighted by Crippen LogP contribution is 2.17. The zero-order chi connectivity index (χ0) is 8.97. The summed E-state index contributed by atoms with van der Waals surface area (Å²) in [6.45, 7) is 2.18. The molecule has 0 unspecified atom stereocenters. The first kappa shape index (κ1) is 8.61. The number of nitrogens with one attached hydrogen (secondary N) is 1. The molecular weight excluding hydrogens is 153 g/mol. The maximum Gasteiger partial charge on any atom is 0.146 e. The van der Waals surface area contributed by atoms with Gasteiger partial charge in [-0.3, -0.25) is 0 Å². The average Bonchev–Trinajstić information content (AvgIpc) is 2.04. The Bertz CT molecular complexity index is 292. The Kier molecular flexibility index (Phi) is 2.71. The van der Waals surface area contributed by atoms with Crippen LogP contribution in [0.4, 0.5) is 10.1 Å². The zero-order valence-corrected chi connectivity index (χ0v) is 6.89. The lowest BCUT2D eigenvalue weighted by Crippen LogP contribution is -2.02. The Labute approximate surface area is 71.6 Å². The van der Waals surface area contributed by atoms with Crippen molar-refractivity contribution < 1.29 is 4.39 Å². The van der Waals surface area contributed by atoms with Crippen LogP contribution in [-0.2, 0) is 0 Å². The Morgan fingerprint density at radius 2 is 2.33 bits per heavy atom. The van der Waals surface area contributed by atoms with E-state index in [1.807, 2.05) is 13.0 Å². The highest BCUT2D eigenvalue weighted by molar-refractivity contribution is 5.52. The van der Waals surface area contributed by atoms with Crippen molar-refractivity contribution in [3.63, 3.8) is 0 Å². The summed E-state index contributed by atoms with van der Waals surface area (Å²) in [5.74, 6) is 2.13. The molecule has 0 saturated heterocycles. The van der Waals surface area contributed by atoms with Crippen molar-refractivity contribution in [2.75, 3.05) is 11.9 Å². The van der Waals surface area contributed by atoms with Gasteiger partial charge in [0, 0.05) is 0 Å². The number of aryl methyl sites for hydroxylation is 1. The SMILES string of the molecule is C#CCNc1c(C)cccc1F. The van der Waals surface area contributed by atoms with Crippen LogP contribution in [0.25, 0.3) is 0 Å². The third-order valence-corrected chi connectivity index (χ3v) is 1.59. The predicted octanol–water partition coefficient (Wildman–Crippen LogP) is 2.18. The zero-order valence-electron chi connectivity index (χ0n) is 6.89. The standard InChI is InChI=1S/C10H10FN/c1-3-7-12-10-8(2)5-4-6-9(10)11/h1,4-6,12H,7H2,2H3. The van der Waals surface area contributed by atoms with Gasteiger partial charge in [-0.1, -0.05) is 18.1 Å². The van der Waals surface area contributed by atoms with E-state index >= 15 is 0 Å². The molecule has 1 nitrogen and oxygen atoms in total. The van der Waals surface area contributed by atoms with Crippen molar-refractivity contribution in [1.29, 1.82) is 0 Å². The maximum atomic E-state index is 13.0. The van der Waals surface area contributed by atoms with Gasteiger partial charge < -0.3 is 5.32 Å². The monoisotopic (exact) mass is 163 g/mol. The van der Waals surface area contributed by atoms with Gasteiger partial charge in [0.2, 0.25) is 0 Å². The molecule has 0 aromatic heterocycles. The van der Waals surface area contributed by atoms with E-state index in [2.05, 4.69) is 11.2 Å². The fourth-order valence-corrected chi connectivity index (χ4v) is 0.995. The second kappa shape index (κ2) is 3.77. The van der Waals surface area contributed by atoms with E-state index < -0.39 is 0 Å². The summed E-state index contributed by atoms with van der Waals surface area (Å²) in [5, 5.41) is 2.82. The third kappa shape index (κ3) is 1.76. The molecule has 0 aliphatic rings. The quantitative estimate of drug-likeness (QED) is 0.659. The lowest BCUT2D eigenvalue weighted by molar-refractivity contribution is 0.630. The van der Waals surface area contributed by atoms with E-state index in [0.29, 0.717) is 12.2 Å². The Morgan fingerprint density at radius 3 is 2.92 bits per heavy atom. The topological polar surface area (TPSA) is 12.0 Å². The van der Waals surface area contributed by atoms with Crippen molar-refractivity contribution in [3.05, 3.63) is 29.6 Å². The fraction of sp³-hybridized carbons (Fsp3) is 0.200. The first-order valence-electron chi connectivity index (χ1n) is 3.68. The van der Waals surface area contributed by atoms with Crippen molar-refractivity contribution in [2.45, 2.75) is 6.92 Å². The van der Waals surface area contributed by atoms with E-state index in [1.54, 1.807) is 6.07 Å². The molecule has 0 bridgehead atoms. The van der Waals surface area contributed by atoms with Crippen LogP contribution in [0.15, 0.2) is 18.2 Å². The van der Waals surface area contributed by atoms with Crippen LogP contribution in [0.2, 0.25) is 0 Å². The number of benzene rings is 1. The molecule has 0 fully saturated rings. The van der Waals surface area contributed by atoms with Gasteiger partial charge in [-0.25, -0.2) is 4.39 Å². The van der Waals surface area contributed by atoms with Gasteiger partial charge in [-0.15, -0.1) is 6.42 Å². The summed E-state index contributed by atoms with van der Waals surface area (Å²) < 4.78 is 13.0. The number of hydrogen-bond donors (Lipinski definition) is 1. The van der Waals surface area contributed by atoms with Crippen molar-refractivity contribution in [1.82, 2.24) is 0 Å². The predicted molar refractivity (Wildman–Crippen MR) is 48.5 cm³/mol. The summed E-state index contributed by atoms with van der Waals surface area (Å²) >= 11 is 0. The molecule has 62 valence electrons. The van der Waals surface area contributed by atoms with Gasteiger partial charge in [0.05, 0.1) is 12.2 Å². The summed E-state index contributed by atoms with van der Waals surface area (Å²) in [4.78, 5) is 0. The molecule has 0 heterocycles. The molecule has 1 aromatic rings. The number of hydrogen-bond acceptors (Lipinski definition) is 1. The maximum absolute atomic E-state index is 13.0. The van der Waals surface area contributed by atoms with Crippen LogP contribution in [0.3, 0.4) is 0 Å². The Balaban J connectivity index is 2.90. The van der Waals surface area contributed by atoms with Gasteiger partial charge in [-0.2, -0.15) is 0 Å². The molecule has 2 heteroatoms. The molecule has 0 aliphatic heterocycles. The summed E-state index contributed by atoms with van der Waals surface area (Å²) in [6, 6.07) is 4.92. The number of rotatable bonds is 2. The highest BCUT2D eigenvalue weighted by atomic mass is 19.1. The van der Waals surface area contributed by atoms with E-state index in [-0.39, 0.29) is 5.82 Å². The Hall–Kier alpha value is -1.49.